The van der Waals surface area contributed by atoms with Crippen LogP contribution < -0.4 is 5.19 Å². The second-order valence-corrected chi connectivity index (χ2v) is 17.7. The molecule has 0 aliphatic heterocycles. The molecule has 0 spiro atoms. The molecule has 3 heterocycles. The maximum absolute atomic E-state index is 13.2. The summed E-state index contributed by atoms with van der Waals surface area (Å²) in [5.74, 6) is -0.215. The summed E-state index contributed by atoms with van der Waals surface area (Å²) in [7, 11) is -1.23. The largest absolute Gasteiger partial charge is 0.305 e. The molecule has 0 bridgehead atoms. The molecule has 0 fully saturated rings. The van der Waals surface area contributed by atoms with Crippen molar-refractivity contribution < 1.29 is 24.5 Å². The summed E-state index contributed by atoms with van der Waals surface area (Å²) in [6.45, 7) is 9.07. The number of fused-ring (bicyclic) bond motifs is 3. The van der Waals surface area contributed by atoms with Crippen molar-refractivity contribution in [2.24, 2.45) is 0 Å². The zero-order chi connectivity index (χ0) is 30.0. The van der Waals surface area contributed by atoms with E-state index >= 15 is 0 Å². The fourth-order valence-electron chi connectivity index (χ4n) is 4.98. The predicted octanol–water partition coefficient (Wildman–Crippen LogP) is 10.1. The van der Waals surface area contributed by atoms with Crippen molar-refractivity contribution in [1.82, 2.24) is 9.97 Å². The number of benzene rings is 4. The molecule has 0 saturated carbocycles. The fraction of sp³-hybridized carbons (Fsp3) is 0.105. The average Bonchev–Trinajstić information content (AvgIpc) is 3.40. The third kappa shape index (κ3) is 6.95. The molecule has 4 aromatic carbocycles. The van der Waals surface area contributed by atoms with E-state index < -0.39 is 8.07 Å². The maximum atomic E-state index is 13.2. The molecule has 1 radical (unpaired) electrons. The molecule has 0 atom stereocenters. The molecule has 0 unspecified atom stereocenters. The number of pyridine rings is 2. The van der Waals surface area contributed by atoms with Gasteiger partial charge in [-0.3, -0.25) is 0 Å². The zero-order valence-corrected chi connectivity index (χ0v) is 29.2. The Morgan fingerprint density at radius 2 is 1.52 bits per heavy atom. The van der Waals surface area contributed by atoms with E-state index in [1.165, 1.54) is 43.1 Å². The third-order valence-corrected chi connectivity index (χ3v) is 10.6. The summed E-state index contributed by atoms with van der Waals surface area (Å²) in [5.41, 5.74) is 7.35. The fourth-order valence-corrected chi connectivity index (χ4v) is 7.26. The first kappa shape index (κ1) is 31.6. The monoisotopic (exact) mass is 787 g/mol. The van der Waals surface area contributed by atoms with Crippen molar-refractivity contribution in [2.45, 2.75) is 26.6 Å². The molecule has 0 saturated heterocycles. The minimum Gasteiger partial charge on any atom is -0.305 e. The van der Waals surface area contributed by atoms with Crippen LogP contribution in [0.5, 0.6) is 0 Å². The number of aryl methyl sites for hydroxylation is 1. The number of thiophene rings is 1. The van der Waals surface area contributed by atoms with Crippen LogP contribution in [0.25, 0.3) is 53.8 Å². The van der Waals surface area contributed by atoms with Gasteiger partial charge in [0.1, 0.15) is 5.82 Å². The number of hydrogen-bond acceptors (Lipinski definition) is 3. The molecular weight excluding hydrogens is 756 g/mol. The van der Waals surface area contributed by atoms with Crippen LogP contribution in [0.15, 0.2) is 116 Å². The summed E-state index contributed by atoms with van der Waals surface area (Å²) in [4.78, 5) is 9.06. The van der Waals surface area contributed by atoms with Crippen LogP contribution in [-0.4, -0.2) is 18.0 Å². The number of aromatic nitrogens is 2. The van der Waals surface area contributed by atoms with Crippen molar-refractivity contribution in [2.75, 3.05) is 0 Å². The third-order valence-electron chi connectivity index (χ3n) is 7.40. The van der Waals surface area contributed by atoms with Gasteiger partial charge in [0.25, 0.3) is 0 Å². The topological polar surface area (TPSA) is 25.8 Å². The maximum Gasteiger partial charge on any atom is 0.123 e. The summed E-state index contributed by atoms with van der Waals surface area (Å²) in [5, 5.41) is 3.84. The van der Waals surface area contributed by atoms with E-state index in [0.29, 0.717) is 0 Å². The van der Waals surface area contributed by atoms with Crippen molar-refractivity contribution in [3.63, 3.8) is 0 Å². The van der Waals surface area contributed by atoms with E-state index in [1.807, 2.05) is 60.9 Å². The van der Waals surface area contributed by atoms with Crippen LogP contribution in [0, 0.1) is 24.9 Å². The smallest absolute Gasteiger partial charge is 0.123 e. The molecule has 6 heteroatoms. The molecular formula is C38H31FIrN2SSi-2. The van der Waals surface area contributed by atoms with E-state index in [1.54, 1.807) is 11.3 Å². The normalized spacial score (nSPS) is 11.1. The van der Waals surface area contributed by atoms with Gasteiger partial charge in [0.05, 0.1) is 8.07 Å². The van der Waals surface area contributed by atoms with Crippen LogP contribution in [0.4, 0.5) is 4.39 Å². The Balaban J connectivity index is 0.000000194. The minimum atomic E-state index is -1.23. The van der Waals surface area contributed by atoms with Gasteiger partial charge in [-0.15, -0.1) is 59.7 Å². The molecule has 7 aromatic rings. The number of nitrogens with zero attached hydrogens (tertiary/aromatic N) is 2. The molecule has 0 aliphatic rings. The van der Waals surface area contributed by atoms with Crippen molar-refractivity contribution in [1.29, 1.82) is 0 Å². The Morgan fingerprint density at radius 3 is 2.20 bits per heavy atom. The van der Waals surface area contributed by atoms with Gasteiger partial charge >= 0.3 is 0 Å². The van der Waals surface area contributed by atoms with E-state index in [-0.39, 0.29) is 25.9 Å². The van der Waals surface area contributed by atoms with E-state index in [9.17, 15) is 4.39 Å². The second kappa shape index (κ2) is 13.5. The SMILES string of the molecule is C[Si](C)(C)c1ccc(-c2[c-]cccc2)nc1.Cc1ccnc(-c2[c-]ccc3c2sc2cc(-c4ccc(F)cc4)ccc23)c1.[Ir]. The average molecular weight is 787 g/mol. The van der Waals surface area contributed by atoms with Crippen molar-refractivity contribution in [3.05, 3.63) is 139 Å². The number of hydrogen-bond donors (Lipinski definition) is 0. The summed E-state index contributed by atoms with van der Waals surface area (Å²) < 4.78 is 15.6. The first-order chi connectivity index (χ1) is 20.8. The molecule has 0 N–H and O–H groups in total. The van der Waals surface area contributed by atoms with Crippen molar-refractivity contribution >= 4 is 44.8 Å². The quantitative estimate of drug-likeness (QED) is 0.131. The van der Waals surface area contributed by atoms with Gasteiger partial charge in [-0.25, -0.2) is 4.39 Å². The van der Waals surface area contributed by atoms with Crippen LogP contribution in [0.2, 0.25) is 19.6 Å². The van der Waals surface area contributed by atoms with Crippen LogP contribution in [0.1, 0.15) is 5.56 Å². The van der Waals surface area contributed by atoms with Crippen LogP contribution >= 0.6 is 11.3 Å². The van der Waals surface area contributed by atoms with Gasteiger partial charge < -0.3 is 9.97 Å². The van der Waals surface area contributed by atoms with Gasteiger partial charge in [0.15, 0.2) is 0 Å². The first-order valence-corrected chi connectivity index (χ1v) is 18.6. The van der Waals surface area contributed by atoms with Gasteiger partial charge in [-0.2, -0.15) is 11.3 Å². The summed E-state index contributed by atoms with van der Waals surface area (Å²) >= 11 is 1.76. The van der Waals surface area contributed by atoms with Gasteiger partial charge in [0.2, 0.25) is 0 Å². The van der Waals surface area contributed by atoms with Gasteiger partial charge in [0, 0.05) is 37.2 Å². The molecule has 44 heavy (non-hydrogen) atoms. The molecule has 3 aromatic heterocycles. The molecule has 2 nitrogen and oxygen atoms in total. The molecule has 221 valence electrons. The first-order valence-electron chi connectivity index (χ1n) is 14.3. The summed E-state index contributed by atoms with van der Waals surface area (Å²) in [6, 6.07) is 40.1. The Labute approximate surface area is 277 Å². The standard InChI is InChI=1S/C24H15FNS.C14H16NSi.Ir/c1-15-11-12-26-22(13-15)21-4-2-3-20-19-10-7-17(14-23(19)27-24(20)21)16-5-8-18(25)9-6-16;1-16(2,3)13-9-10-14(15-11-13)12-7-5-4-6-8-12;/h2-3,5-14H,1H3;4-7,9-11H,1-3H3;/q2*-1;. The molecule has 0 aliphatic carbocycles. The van der Waals surface area contributed by atoms with E-state index in [0.717, 1.165) is 33.6 Å². The van der Waals surface area contributed by atoms with Crippen LogP contribution in [-0.2, 0) is 20.1 Å². The Hall–Kier alpha value is -3.80. The Morgan fingerprint density at radius 1 is 0.727 bits per heavy atom. The molecule has 0 amide bonds. The van der Waals surface area contributed by atoms with Crippen molar-refractivity contribution in [3.8, 4) is 33.6 Å². The van der Waals surface area contributed by atoms with E-state index in [4.69, 9.17) is 0 Å². The summed E-state index contributed by atoms with van der Waals surface area (Å²) in [6.07, 6.45) is 3.86. The second-order valence-electron chi connectivity index (χ2n) is 11.6. The van der Waals surface area contributed by atoms with Crippen LogP contribution in [0.3, 0.4) is 0 Å². The number of rotatable bonds is 4. The zero-order valence-electron chi connectivity index (χ0n) is 25.0. The Bertz CT molecular complexity index is 2020. The predicted molar refractivity (Wildman–Crippen MR) is 183 cm³/mol. The Kier molecular flexibility index (Phi) is 9.67. The van der Waals surface area contributed by atoms with Gasteiger partial charge in [-0.05, 0) is 69.0 Å². The number of halogens is 1. The van der Waals surface area contributed by atoms with E-state index in [2.05, 4.69) is 91.1 Å². The van der Waals surface area contributed by atoms with Gasteiger partial charge in [-0.1, -0.05) is 73.1 Å². The molecule has 7 rings (SSSR count). The minimum absolute atomic E-state index is 0.